The highest BCUT2D eigenvalue weighted by molar-refractivity contribution is 6.33. The van der Waals surface area contributed by atoms with Gasteiger partial charge in [0, 0.05) is 5.56 Å². The molecular weight excluding hydrogens is 239 g/mol. The van der Waals surface area contributed by atoms with Crippen molar-refractivity contribution in [2.45, 2.75) is 0 Å². The summed E-state index contributed by atoms with van der Waals surface area (Å²) in [6.45, 7) is 0. The number of rotatable bonds is 4. The van der Waals surface area contributed by atoms with Gasteiger partial charge in [0.25, 0.3) is 5.91 Å². The molecule has 8 nitrogen and oxygen atoms in total. The van der Waals surface area contributed by atoms with Gasteiger partial charge in [0.05, 0.1) is 0 Å². The van der Waals surface area contributed by atoms with E-state index in [2.05, 4.69) is 20.3 Å². The molecule has 0 fully saturated rings. The van der Waals surface area contributed by atoms with Gasteiger partial charge in [0.1, 0.15) is 18.4 Å². The first-order chi connectivity index (χ1) is 8.65. The number of carbonyl (C=O) groups is 1. The van der Waals surface area contributed by atoms with Crippen molar-refractivity contribution in [1.82, 2.24) is 14.9 Å². The first-order valence-electron chi connectivity index (χ1n) is 4.94. The van der Waals surface area contributed by atoms with Crippen molar-refractivity contribution < 1.29 is 19.5 Å². The van der Waals surface area contributed by atoms with Crippen LogP contribution in [0.1, 0.15) is 10.4 Å². The molecule has 1 aromatic heterocycles. The molecule has 0 aliphatic carbocycles. The lowest BCUT2D eigenvalue weighted by molar-refractivity contribution is 0.101. The van der Waals surface area contributed by atoms with E-state index in [4.69, 9.17) is 10.0 Å². The van der Waals surface area contributed by atoms with E-state index < -0.39 is 7.32 Å². The molecule has 0 saturated heterocycles. The van der Waals surface area contributed by atoms with Crippen molar-refractivity contribution in [2.24, 2.45) is 0 Å². The summed E-state index contributed by atoms with van der Waals surface area (Å²) in [7, 11) is -1.89. The van der Waals surface area contributed by atoms with Gasteiger partial charge < -0.3 is 14.7 Å². The van der Waals surface area contributed by atoms with Crippen LogP contribution in [0.2, 0.25) is 0 Å². The molecule has 0 unspecified atom stereocenters. The highest BCUT2D eigenvalue weighted by atomic mass is 16.6. The van der Waals surface area contributed by atoms with E-state index in [1.807, 2.05) is 0 Å². The van der Waals surface area contributed by atoms with Gasteiger partial charge in [-0.25, -0.2) is 4.68 Å². The molecule has 0 saturated carbocycles. The Morgan fingerprint density at radius 1 is 1.22 bits per heavy atom. The quantitative estimate of drug-likeness (QED) is 0.599. The van der Waals surface area contributed by atoms with Gasteiger partial charge >= 0.3 is 7.32 Å². The Hall–Kier alpha value is -2.39. The van der Waals surface area contributed by atoms with Crippen molar-refractivity contribution in [3.8, 4) is 5.75 Å². The van der Waals surface area contributed by atoms with Crippen LogP contribution in [-0.4, -0.2) is 38.1 Å². The van der Waals surface area contributed by atoms with Crippen LogP contribution in [-0.2, 0) is 0 Å². The van der Waals surface area contributed by atoms with Gasteiger partial charge in [-0.3, -0.25) is 10.2 Å². The zero-order valence-electron chi connectivity index (χ0n) is 9.09. The molecule has 0 aliphatic rings. The molecule has 3 N–H and O–H groups in total. The van der Waals surface area contributed by atoms with Gasteiger partial charge in [-0.2, -0.15) is 0 Å². The molecule has 0 spiro atoms. The molecule has 0 bridgehead atoms. The van der Waals surface area contributed by atoms with E-state index in [-0.39, 0.29) is 11.7 Å². The smallest absolute Gasteiger partial charge is 0.512 e. The van der Waals surface area contributed by atoms with Crippen LogP contribution in [0.5, 0.6) is 5.75 Å². The maximum absolute atomic E-state index is 11.7. The third kappa shape index (κ3) is 3.06. The maximum atomic E-state index is 11.7. The lowest BCUT2D eigenvalue weighted by atomic mass is 10.2. The topological polar surface area (TPSA) is 110 Å². The van der Waals surface area contributed by atoms with Crippen LogP contribution in [0.4, 0.5) is 0 Å². The number of benzene rings is 1. The number of aromatic nitrogens is 3. The summed E-state index contributed by atoms with van der Waals surface area (Å²) in [5.41, 5.74) is 2.89. The number of carbonyl (C=O) groups excluding carboxylic acids is 1. The number of amides is 1. The average molecular weight is 248 g/mol. The second-order valence-corrected chi connectivity index (χ2v) is 3.28. The number of nitrogens with one attached hydrogen (secondary N) is 1. The molecule has 2 rings (SSSR count). The Bertz CT molecular complexity index is 514. The Kier molecular flexibility index (Phi) is 3.56. The molecule has 2 aromatic rings. The SMILES string of the molecule is O=C(Nn1cnnc1)c1ccc(OB(O)O)cc1. The minimum atomic E-state index is -1.89. The predicted octanol–water partition coefficient (Wildman–Crippen LogP) is -0.990. The zero-order valence-corrected chi connectivity index (χ0v) is 9.09. The fraction of sp³-hybridized carbons (Fsp3) is 0. The number of hydrogen-bond acceptors (Lipinski definition) is 6. The van der Waals surface area contributed by atoms with Crippen LogP contribution in [0, 0.1) is 0 Å². The molecular formula is C9H9BN4O4. The van der Waals surface area contributed by atoms with E-state index in [0.29, 0.717) is 5.56 Å². The molecule has 0 atom stereocenters. The lowest BCUT2D eigenvalue weighted by Gasteiger charge is -2.06. The molecule has 0 radical (unpaired) electrons. The fourth-order valence-corrected chi connectivity index (χ4v) is 1.25. The molecule has 18 heavy (non-hydrogen) atoms. The standard InChI is InChI=1S/C9H9BN4O4/c15-9(13-14-5-11-12-6-14)7-1-3-8(4-2-7)18-10(16)17/h1-6,16-17H,(H,13,15). The van der Waals surface area contributed by atoms with Gasteiger partial charge in [-0.1, -0.05) is 0 Å². The average Bonchev–Trinajstić information content (AvgIpc) is 2.82. The number of nitrogens with zero attached hydrogens (tertiary/aromatic N) is 3. The normalized spacial score (nSPS) is 9.89. The molecule has 1 aromatic carbocycles. The highest BCUT2D eigenvalue weighted by Gasteiger charge is 2.12. The van der Waals surface area contributed by atoms with Gasteiger partial charge in [0.2, 0.25) is 0 Å². The number of hydrogen-bond donors (Lipinski definition) is 3. The Labute approximate surface area is 102 Å². The van der Waals surface area contributed by atoms with E-state index in [9.17, 15) is 4.79 Å². The van der Waals surface area contributed by atoms with E-state index in [0.717, 1.165) is 0 Å². The highest BCUT2D eigenvalue weighted by Crippen LogP contribution is 2.12. The second-order valence-electron chi connectivity index (χ2n) is 3.28. The third-order valence-electron chi connectivity index (χ3n) is 2.01. The first kappa shape index (κ1) is 12.1. The Balaban J connectivity index is 2.03. The van der Waals surface area contributed by atoms with Crippen LogP contribution < -0.4 is 10.1 Å². The van der Waals surface area contributed by atoms with Crippen molar-refractivity contribution in [3.05, 3.63) is 42.5 Å². The summed E-state index contributed by atoms with van der Waals surface area (Å²) in [6, 6.07) is 5.86. The van der Waals surface area contributed by atoms with Crippen molar-refractivity contribution in [1.29, 1.82) is 0 Å². The summed E-state index contributed by atoms with van der Waals surface area (Å²) in [5, 5.41) is 24.3. The van der Waals surface area contributed by atoms with E-state index in [1.165, 1.54) is 41.6 Å². The molecule has 92 valence electrons. The fourth-order valence-electron chi connectivity index (χ4n) is 1.25. The lowest BCUT2D eigenvalue weighted by Crippen LogP contribution is -2.22. The summed E-state index contributed by atoms with van der Waals surface area (Å²) < 4.78 is 5.92. The van der Waals surface area contributed by atoms with Crippen LogP contribution in [0.25, 0.3) is 0 Å². The summed E-state index contributed by atoms with van der Waals surface area (Å²) in [5.74, 6) is -0.114. The van der Waals surface area contributed by atoms with Crippen molar-refractivity contribution >= 4 is 13.2 Å². The van der Waals surface area contributed by atoms with E-state index >= 15 is 0 Å². The monoisotopic (exact) mass is 248 g/mol. The third-order valence-corrected chi connectivity index (χ3v) is 2.01. The zero-order chi connectivity index (χ0) is 13.0. The molecule has 9 heteroatoms. The van der Waals surface area contributed by atoms with Crippen molar-refractivity contribution in [2.75, 3.05) is 5.43 Å². The second kappa shape index (κ2) is 5.30. The minimum Gasteiger partial charge on any atom is -0.512 e. The van der Waals surface area contributed by atoms with Gasteiger partial charge in [-0.15, -0.1) is 10.2 Å². The Morgan fingerprint density at radius 3 is 2.39 bits per heavy atom. The predicted molar refractivity (Wildman–Crippen MR) is 61.0 cm³/mol. The van der Waals surface area contributed by atoms with Crippen LogP contribution in [0.15, 0.2) is 36.9 Å². The summed E-state index contributed by atoms with van der Waals surface area (Å²) in [6.07, 6.45) is 2.69. The van der Waals surface area contributed by atoms with Crippen LogP contribution >= 0.6 is 0 Å². The van der Waals surface area contributed by atoms with Crippen molar-refractivity contribution in [3.63, 3.8) is 0 Å². The van der Waals surface area contributed by atoms with Crippen LogP contribution in [0.3, 0.4) is 0 Å². The Morgan fingerprint density at radius 2 is 1.83 bits per heavy atom. The van der Waals surface area contributed by atoms with Gasteiger partial charge in [-0.05, 0) is 24.3 Å². The molecule has 1 heterocycles. The molecule has 0 aliphatic heterocycles. The summed E-state index contributed by atoms with van der Waals surface area (Å²) >= 11 is 0. The van der Waals surface area contributed by atoms with Gasteiger partial charge in [0.15, 0.2) is 0 Å². The van der Waals surface area contributed by atoms with E-state index in [1.54, 1.807) is 0 Å². The summed E-state index contributed by atoms with van der Waals surface area (Å²) in [4.78, 5) is 11.7. The largest absolute Gasteiger partial charge is 0.707 e. The molecule has 1 amide bonds. The maximum Gasteiger partial charge on any atom is 0.707 e. The minimum absolute atomic E-state index is 0.242. The first-order valence-corrected chi connectivity index (χ1v) is 4.94.